The highest BCUT2D eigenvalue weighted by molar-refractivity contribution is 7.42. The van der Waals surface area contributed by atoms with E-state index in [4.69, 9.17) is 29.9 Å². The van der Waals surface area contributed by atoms with Crippen LogP contribution in [0.25, 0.3) is 0 Å². The highest BCUT2D eigenvalue weighted by Crippen LogP contribution is 2.48. The number of fused-ring (bicyclic) bond motifs is 1. The molecule has 11 heteroatoms. The number of nitrogens with zero attached hydrogens (tertiary/aromatic N) is 1. The van der Waals surface area contributed by atoms with Gasteiger partial charge in [-0.15, -0.1) is 0 Å². The Labute approximate surface area is 158 Å². The van der Waals surface area contributed by atoms with Crippen molar-refractivity contribution in [2.24, 2.45) is 0 Å². The van der Waals surface area contributed by atoms with E-state index in [1.165, 1.54) is 0 Å². The lowest BCUT2D eigenvalue weighted by atomic mass is 10.2. The van der Waals surface area contributed by atoms with Gasteiger partial charge in [-0.2, -0.15) is 4.39 Å². The molecule has 4 rings (SSSR count). The average molecular weight is 417 g/mol. The molecule has 1 aromatic carbocycles. The van der Waals surface area contributed by atoms with E-state index in [-0.39, 0.29) is 12.7 Å². The van der Waals surface area contributed by atoms with Gasteiger partial charge in [-0.1, -0.05) is 11.6 Å². The Kier molecular flexibility index (Phi) is 5.29. The fraction of sp³-hybridized carbons (Fsp3) is 0.375. The van der Waals surface area contributed by atoms with Crippen molar-refractivity contribution in [3.63, 3.8) is 0 Å². The zero-order valence-corrected chi connectivity index (χ0v) is 15.5. The van der Waals surface area contributed by atoms with E-state index in [0.717, 1.165) is 16.3 Å². The SMILES string of the molecule is O=c1[nH]c(=O)n(C2CCC(COP3OCc4cc(Cl)ccc4O3)O2)cc1F. The fourth-order valence-electron chi connectivity index (χ4n) is 2.88. The van der Waals surface area contributed by atoms with Crippen LogP contribution >= 0.6 is 20.2 Å². The fourth-order valence-corrected chi connectivity index (χ4v) is 4.12. The second kappa shape index (κ2) is 7.69. The molecule has 0 spiro atoms. The molecule has 1 saturated heterocycles. The molecule has 144 valence electrons. The summed E-state index contributed by atoms with van der Waals surface area (Å²) >= 11 is 5.93. The van der Waals surface area contributed by atoms with E-state index < -0.39 is 31.9 Å². The second-order valence-corrected chi connectivity index (χ2v) is 7.65. The molecule has 3 atom stereocenters. The minimum atomic E-state index is -1.57. The van der Waals surface area contributed by atoms with Crippen LogP contribution in [-0.2, 0) is 20.4 Å². The Balaban J connectivity index is 1.33. The Morgan fingerprint density at radius 2 is 2.22 bits per heavy atom. The molecule has 1 fully saturated rings. The number of hydrogen-bond donors (Lipinski definition) is 1. The summed E-state index contributed by atoms with van der Waals surface area (Å²) in [5, 5.41) is 0.604. The minimum absolute atomic E-state index is 0.200. The van der Waals surface area contributed by atoms with Gasteiger partial charge in [-0.05, 0) is 31.0 Å². The lowest BCUT2D eigenvalue weighted by molar-refractivity contribution is -0.0233. The van der Waals surface area contributed by atoms with Crippen molar-refractivity contribution < 1.29 is 22.7 Å². The third-order valence-corrected chi connectivity index (χ3v) is 5.49. The van der Waals surface area contributed by atoms with Gasteiger partial charge in [0.15, 0.2) is 0 Å². The number of rotatable bonds is 4. The Morgan fingerprint density at radius 1 is 1.37 bits per heavy atom. The first-order chi connectivity index (χ1) is 13.0. The molecule has 27 heavy (non-hydrogen) atoms. The molecule has 0 bridgehead atoms. The van der Waals surface area contributed by atoms with Gasteiger partial charge < -0.3 is 9.26 Å². The smallest absolute Gasteiger partial charge is 0.397 e. The lowest BCUT2D eigenvalue weighted by Crippen LogP contribution is -2.34. The van der Waals surface area contributed by atoms with Crippen molar-refractivity contribution in [2.45, 2.75) is 31.8 Å². The molecule has 1 N–H and O–H groups in total. The molecule has 2 aliphatic rings. The van der Waals surface area contributed by atoms with Gasteiger partial charge in [-0.25, -0.2) is 4.79 Å². The Bertz CT molecular complexity index is 967. The number of nitrogens with one attached hydrogen (secondary N) is 1. The van der Waals surface area contributed by atoms with Gasteiger partial charge >= 0.3 is 14.3 Å². The molecule has 0 aliphatic carbocycles. The standard InChI is InChI=1S/C16H15ClFN2O6P/c17-10-1-3-13-9(5-10)7-23-27(26-13)24-8-11-2-4-14(25-11)20-6-12(18)15(21)19-16(20)22/h1,3,5-6,11,14H,2,4,7-8H2,(H,19,21,22). The van der Waals surface area contributed by atoms with Crippen molar-refractivity contribution in [1.29, 1.82) is 0 Å². The first-order valence-electron chi connectivity index (χ1n) is 8.18. The summed E-state index contributed by atoms with van der Waals surface area (Å²) < 4.78 is 37.1. The quantitative estimate of drug-likeness (QED) is 0.771. The molecule has 0 saturated carbocycles. The molecular weight excluding hydrogens is 402 g/mol. The molecular formula is C16H15ClFN2O6P. The summed E-state index contributed by atoms with van der Waals surface area (Å²) in [7, 11) is -1.57. The summed E-state index contributed by atoms with van der Waals surface area (Å²) in [6.45, 7) is 0.535. The van der Waals surface area contributed by atoms with Crippen molar-refractivity contribution in [3.05, 3.63) is 61.6 Å². The van der Waals surface area contributed by atoms with Crippen LogP contribution in [0.3, 0.4) is 0 Å². The Hall–Kier alpha value is -1.77. The van der Waals surface area contributed by atoms with Crippen LogP contribution in [0.5, 0.6) is 5.75 Å². The first kappa shape index (κ1) is 18.6. The molecule has 8 nitrogen and oxygen atoms in total. The van der Waals surface area contributed by atoms with E-state index in [2.05, 4.69) is 0 Å². The summed E-state index contributed by atoms with van der Waals surface area (Å²) in [5.41, 5.74) is -0.918. The number of benzene rings is 1. The molecule has 2 aliphatic heterocycles. The van der Waals surface area contributed by atoms with Crippen LogP contribution in [0.1, 0.15) is 24.6 Å². The van der Waals surface area contributed by atoms with Crippen LogP contribution in [0.4, 0.5) is 4.39 Å². The number of aromatic amines is 1. The van der Waals surface area contributed by atoms with E-state index in [1.54, 1.807) is 18.2 Å². The Morgan fingerprint density at radius 3 is 3.07 bits per heavy atom. The first-order valence-corrected chi connectivity index (χ1v) is 9.66. The van der Waals surface area contributed by atoms with E-state index in [0.29, 0.717) is 30.2 Å². The molecule has 3 unspecified atom stereocenters. The van der Waals surface area contributed by atoms with E-state index >= 15 is 0 Å². The summed E-state index contributed by atoms with van der Waals surface area (Å²) in [4.78, 5) is 24.8. The normalized spacial score (nSPS) is 24.4. The van der Waals surface area contributed by atoms with Crippen molar-refractivity contribution in [2.75, 3.05) is 6.61 Å². The maximum Gasteiger partial charge on any atom is 0.397 e. The summed E-state index contributed by atoms with van der Waals surface area (Å²) in [6, 6.07) is 5.26. The minimum Gasteiger partial charge on any atom is -0.426 e. The number of halogens is 2. The molecule has 3 heterocycles. The van der Waals surface area contributed by atoms with Gasteiger partial charge in [0.2, 0.25) is 5.82 Å². The number of aromatic nitrogens is 2. The lowest BCUT2D eigenvalue weighted by Gasteiger charge is -2.25. The van der Waals surface area contributed by atoms with Gasteiger partial charge in [0.05, 0.1) is 25.5 Å². The third-order valence-electron chi connectivity index (χ3n) is 4.21. The van der Waals surface area contributed by atoms with Crippen LogP contribution in [-0.4, -0.2) is 22.3 Å². The van der Waals surface area contributed by atoms with Crippen molar-refractivity contribution >= 4 is 20.2 Å². The molecule has 0 amide bonds. The topological polar surface area (TPSA) is 91.8 Å². The molecule has 2 aromatic rings. The van der Waals surface area contributed by atoms with Gasteiger partial charge in [0.25, 0.3) is 5.56 Å². The number of H-pyrrole nitrogens is 1. The average Bonchev–Trinajstić information content (AvgIpc) is 3.11. The third kappa shape index (κ3) is 4.07. The van der Waals surface area contributed by atoms with E-state index in [1.807, 2.05) is 4.98 Å². The monoisotopic (exact) mass is 416 g/mol. The second-order valence-electron chi connectivity index (χ2n) is 6.07. The maximum absolute atomic E-state index is 13.4. The zero-order chi connectivity index (χ0) is 19.0. The summed E-state index contributed by atoms with van der Waals surface area (Å²) in [5.74, 6) is -0.374. The van der Waals surface area contributed by atoms with Crippen molar-refractivity contribution in [3.8, 4) is 5.75 Å². The van der Waals surface area contributed by atoms with Crippen LogP contribution in [0, 0.1) is 5.82 Å². The molecule has 0 radical (unpaired) electrons. The zero-order valence-electron chi connectivity index (χ0n) is 13.9. The van der Waals surface area contributed by atoms with Crippen LogP contribution in [0.15, 0.2) is 34.0 Å². The summed E-state index contributed by atoms with van der Waals surface area (Å²) in [6.07, 6.45) is 0.974. The van der Waals surface area contributed by atoms with Crippen LogP contribution < -0.4 is 15.8 Å². The number of ether oxygens (including phenoxy) is 1. The maximum atomic E-state index is 13.4. The largest absolute Gasteiger partial charge is 0.426 e. The highest BCUT2D eigenvalue weighted by atomic mass is 35.5. The highest BCUT2D eigenvalue weighted by Gasteiger charge is 2.31. The number of hydrogen-bond acceptors (Lipinski definition) is 6. The van der Waals surface area contributed by atoms with E-state index in [9.17, 15) is 14.0 Å². The van der Waals surface area contributed by atoms with Gasteiger partial charge in [0, 0.05) is 10.6 Å². The van der Waals surface area contributed by atoms with Gasteiger partial charge in [0.1, 0.15) is 12.0 Å². The predicted molar refractivity (Wildman–Crippen MR) is 94.2 cm³/mol. The van der Waals surface area contributed by atoms with Crippen molar-refractivity contribution in [1.82, 2.24) is 9.55 Å². The predicted octanol–water partition coefficient (Wildman–Crippen LogP) is 2.86. The van der Waals surface area contributed by atoms with Gasteiger partial charge in [-0.3, -0.25) is 23.4 Å². The molecule has 1 aromatic heterocycles. The van der Waals surface area contributed by atoms with Crippen LogP contribution in [0.2, 0.25) is 5.02 Å².